The van der Waals surface area contributed by atoms with Crippen LogP contribution in [0.1, 0.15) is 42.7 Å². The van der Waals surface area contributed by atoms with Gasteiger partial charge < -0.3 is 30.1 Å². The third-order valence-corrected chi connectivity index (χ3v) is 8.09. The van der Waals surface area contributed by atoms with Crippen LogP contribution < -0.4 is 10.6 Å². The van der Waals surface area contributed by atoms with Gasteiger partial charge >= 0.3 is 12.1 Å². The zero-order valence-corrected chi connectivity index (χ0v) is 22.4. The summed E-state index contributed by atoms with van der Waals surface area (Å²) < 4.78 is 33.7. The number of hydrogen-bond donors (Lipinski definition) is 2. The van der Waals surface area contributed by atoms with Gasteiger partial charge in [0.1, 0.15) is 6.04 Å². The zero-order chi connectivity index (χ0) is 28.2. The molecule has 3 aliphatic rings. The van der Waals surface area contributed by atoms with E-state index in [9.17, 15) is 23.2 Å². The molecule has 40 heavy (non-hydrogen) atoms. The van der Waals surface area contributed by atoms with Crippen LogP contribution in [0, 0.1) is 11.6 Å². The molecule has 214 valence electrons. The first kappa shape index (κ1) is 27.8. The molecule has 5 rings (SSSR count). The number of piperidine rings is 1. The molecule has 3 aliphatic heterocycles. The number of pyridine rings is 1. The summed E-state index contributed by atoms with van der Waals surface area (Å²) in [4.78, 5) is 48.4. The standard InChI is InChI=1S/C28H34F2N6O4/c1-40-14-13-35-16-18(21-3-2-4-22(29)25(21)30)5-6-23(26(35)37)32-27(38)34-11-8-20(9-12-34)36-17-19-7-10-31-15-24(19)33-28(36)39/h2-4,7,10,15,18,20,23H,5-6,8-9,11-14,16-17H2,1H3,(H,32,38)(H,33,39)/t18-,23-/m1/s1. The summed E-state index contributed by atoms with van der Waals surface area (Å²) in [6, 6.07) is 4.64. The van der Waals surface area contributed by atoms with Crippen molar-refractivity contribution >= 4 is 23.7 Å². The Balaban J connectivity index is 1.21. The Morgan fingerprint density at radius 3 is 2.73 bits per heavy atom. The summed E-state index contributed by atoms with van der Waals surface area (Å²) in [6.07, 6.45) is 5.27. The van der Waals surface area contributed by atoms with Gasteiger partial charge in [-0.25, -0.2) is 18.4 Å². The second kappa shape index (κ2) is 12.2. The van der Waals surface area contributed by atoms with Gasteiger partial charge in [0, 0.05) is 58.0 Å². The Bertz CT molecular complexity index is 1260. The van der Waals surface area contributed by atoms with E-state index in [0.717, 1.165) is 17.3 Å². The van der Waals surface area contributed by atoms with Gasteiger partial charge in [0.25, 0.3) is 0 Å². The Kier molecular flexibility index (Phi) is 8.43. The Hall–Kier alpha value is -3.80. The van der Waals surface area contributed by atoms with Gasteiger partial charge in [0.05, 0.1) is 18.5 Å². The fraction of sp³-hybridized carbons (Fsp3) is 0.500. The van der Waals surface area contributed by atoms with E-state index in [4.69, 9.17) is 4.74 Å². The molecule has 2 atom stereocenters. The van der Waals surface area contributed by atoms with E-state index < -0.39 is 23.6 Å². The quantitative estimate of drug-likeness (QED) is 0.568. The lowest BCUT2D eigenvalue weighted by molar-refractivity contribution is -0.133. The fourth-order valence-electron chi connectivity index (χ4n) is 5.82. The average Bonchev–Trinajstić information content (AvgIpc) is 3.11. The number of methoxy groups -OCH3 is 1. The van der Waals surface area contributed by atoms with Crippen molar-refractivity contribution < 1.29 is 27.9 Å². The number of ether oxygens (including phenoxy) is 1. The minimum atomic E-state index is -0.923. The SMILES string of the molecule is COCCN1C[C@H](c2cccc(F)c2F)CC[C@@H](NC(=O)N2CCC(N3Cc4ccncc4NC3=O)CC2)C1=O. The number of nitrogens with one attached hydrogen (secondary N) is 2. The van der Waals surface area contributed by atoms with Gasteiger partial charge in [-0.2, -0.15) is 0 Å². The molecule has 2 aromatic rings. The number of nitrogens with zero attached hydrogens (tertiary/aromatic N) is 4. The van der Waals surface area contributed by atoms with Gasteiger partial charge in [0.15, 0.2) is 11.6 Å². The van der Waals surface area contributed by atoms with E-state index in [1.807, 2.05) is 6.07 Å². The number of anilines is 1. The number of rotatable bonds is 6. The predicted octanol–water partition coefficient (Wildman–Crippen LogP) is 3.30. The molecule has 1 aromatic carbocycles. The molecule has 0 radical (unpaired) electrons. The van der Waals surface area contributed by atoms with Gasteiger partial charge in [0.2, 0.25) is 5.91 Å². The fourth-order valence-corrected chi connectivity index (χ4v) is 5.82. The minimum Gasteiger partial charge on any atom is -0.383 e. The van der Waals surface area contributed by atoms with Crippen LogP contribution in [0.15, 0.2) is 36.7 Å². The molecule has 0 saturated carbocycles. The van der Waals surface area contributed by atoms with E-state index >= 15 is 0 Å². The maximum atomic E-state index is 14.6. The van der Waals surface area contributed by atoms with E-state index in [-0.39, 0.29) is 49.3 Å². The number of amides is 5. The van der Waals surface area contributed by atoms with Crippen LogP contribution in [0.4, 0.5) is 24.1 Å². The van der Waals surface area contributed by atoms with E-state index in [1.54, 1.807) is 33.2 Å². The highest BCUT2D eigenvalue weighted by atomic mass is 19.2. The lowest BCUT2D eigenvalue weighted by Crippen LogP contribution is -2.55. The molecule has 5 amide bonds. The van der Waals surface area contributed by atoms with Crippen LogP contribution in [-0.4, -0.2) is 89.6 Å². The molecule has 0 aliphatic carbocycles. The molecular formula is C28H34F2N6O4. The number of fused-ring (bicyclic) bond motifs is 1. The van der Waals surface area contributed by atoms with Gasteiger partial charge in [-0.15, -0.1) is 0 Å². The number of carbonyl (C=O) groups excluding carboxylic acids is 3. The van der Waals surface area contributed by atoms with E-state index in [0.29, 0.717) is 45.3 Å². The molecule has 2 fully saturated rings. The summed E-state index contributed by atoms with van der Waals surface area (Å²) in [6.45, 7) is 2.13. The van der Waals surface area contributed by atoms with Crippen molar-refractivity contribution in [2.24, 2.45) is 0 Å². The van der Waals surface area contributed by atoms with Crippen molar-refractivity contribution in [3.63, 3.8) is 0 Å². The first-order chi connectivity index (χ1) is 19.4. The first-order valence-corrected chi connectivity index (χ1v) is 13.6. The van der Waals surface area contributed by atoms with Gasteiger partial charge in [-0.3, -0.25) is 9.78 Å². The smallest absolute Gasteiger partial charge is 0.322 e. The summed E-state index contributed by atoms with van der Waals surface area (Å²) in [5.41, 5.74) is 1.94. The van der Waals surface area contributed by atoms with Crippen molar-refractivity contribution in [3.8, 4) is 0 Å². The van der Waals surface area contributed by atoms with Crippen LogP contribution >= 0.6 is 0 Å². The summed E-state index contributed by atoms with van der Waals surface area (Å²) in [5.74, 6) is -2.50. The zero-order valence-electron chi connectivity index (χ0n) is 22.4. The molecule has 12 heteroatoms. The van der Waals surface area contributed by atoms with Crippen LogP contribution in [0.25, 0.3) is 0 Å². The number of likely N-dealkylation sites (tertiary alicyclic amines) is 2. The highest BCUT2D eigenvalue weighted by Crippen LogP contribution is 2.31. The first-order valence-electron chi connectivity index (χ1n) is 13.6. The predicted molar refractivity (Wildman–Crippen MR) is 143 cm³/mol. The Labute approximate surface area is 231 Å². The van der Waals surface area contributed by atoms with Crippen molar-refractivity contribution in [2.45, 2.75) is 50.2 Å². The Morgan fingerprint density at radius 2 is 1.95 bits per heavy atom. The maximum absolute atomic E-state index is 14.6. The molecule has 0 bridgehead atoms. The maximum Gasteiger partial charge on any atom is 0.322 e. The Morgan fingerprint density at radius 1 is 1.15 bits per heavy atom. The van der Waals surface area contributed by atoms with E-state index in [1.165, 1.54) is 13.2 Å². The van der Waals surface area contributed by atoms with Crippen molar-refractivity contribution in [3.05, 3.63) is 59.4 Å². The molecule has 10 nitrogen and oxygen atoms in total. The van der Waals surface area contributed by atoms with Crippen molar-refractivity contribution in [2.75, 3.05) is 45.2 Å². The number of carbonyl (C=O) groups is 3. The topological polar surface area (TPSA) is 107 Å². The molecular weight excluding hydrogens is 522 g/mol. The number of halogens is 2. The molecule has 2 N–H and O–H groups in total. The second-order valence-electron chi connectivity index (χ2n) is 10.5. The minimum absolute atomic E-state index is 0.0173. The van der Waals surface area contributed by atoms with Crippen LogP contribution in [0.2, 0.25) is 0 Å². The lowest BCUT2D eigenvalue weighted by Gasteiger charge is -2.40. The van der Waals surface area contributed by atoms with Crippen molar-refractivity contribution in [1.29, 1.82) is 0 Å². The molecule has 2 saturated heterocycles. The summed E-state index contributed by atoms with van der Waals surface area (Å²) in [7, 11) is 1.53. The summed E-state index contributed by atoms with van der Waals surface area (Å²) in [5, 5.41) is 5.77. The lowest BCUT2D eigenvalue weighted by atomic mass is 9.93. The van der Waals surface area contributed by atoms with Crippen LogP contribution in [-0.2, 0) is 16.1 Å². The van der Waals surface area contributed by atoms with Crippen LogP contribution in [0.3, 0.4) is 0 Å². The molecule has 4 heterocycles. The highest BCUT2D eigenvalue weighted by molar-refractivity contribution is 5.92. The highest BCUT2D eigenvalue weighted by Gasteiger charge is 2.36. The number of benzene rings is 1. The normalized spacial score (nSPS) is 22.0. The largest absolute Gasteiger partial charge is 0.383 e. The molecule has 0 spiro atoms. The van der Waals surface area contributed by atoms with E-state index in [2.05, 4.69) is 15.6 Å². The average molecular weight is 557 g/mol. The second-order valence-corrected chi connectivity index (χ2v) is 10.5. The number of urea groups is 2. The molecule has 0 unspecified atom stereocenters. The third kappa shape index (κ3) is 5.86. The third-order valence-electron chi connectivity index (χ3n) is 8.09. The molecule has 1 aromatic heterocycles. The van der Waals surface area contributed by atoms with Crippen molar-refractivity contribution in [1.82, 2.24) is 25.0 Å². The monoisotopic (exact) mass is 556 g/mol. The number of aromatic nitrogens is 1. The van der Waals surface area contributed by atoms with Gasteiger partial charge in [-0.1, -0.05) is 12.1 Å². The van der Waals surface area contributed by atoms with Gasteiger partial charge in [-0.05, 0) is 48.9 Å². The van der Waals surface area contributed by atoms with Crippen LogP contribution in [0.5, 0.6) is 0 Å². The summed E-state index contributed by atoms with van der Waals surface area (Å²) >= 11 is 0. The number of hydrogen-bond acceptors (Lipinski definition) is 5.